The second kappa shape index (κ2) is 3.37. The molecular weight excluding hydrogens is 212 g/mol. The molecule has 0 unspecified atom stereocenters. The van der Waals surface area contributed by atoms with Gasteiger partial charge in [0.2, 0.25) is 0 Å². The number of hydrogen-bond acceptors (Lipinski definition) is 2. The van der Waals surface area contributed by atoms with Crippen molar-refractivity contribution in [1.29, 1.82) is 0 Å². The van der Waals surface area contributed by atoms with Gasteiger partial charge in [0.1, 0.15) is 0 Å². The number of rotatable bonds is 1. The molecule has 0 atom stereocenters. The lowest BCUT2D eigenvalue weighted by Gasteiger charge is -2.22. The summed E-state index contributed by atoms with van der Waals surface area (Å²) in [5.74, 6) is 0. The van der Waals surface area contributed by atoms with Crippen molar-refractivity contribution in [2.24, 2.45) is 0 Å². The Morgan fingerprint density at radius 2 is 1.46 bits per heavy atom. The van der Waals surface area contributed by atoms with Gasteiger partial charge >= 0.3 is 0 Å². The van der Waals surface area contributed by atoms with Gasteiger partial charge in [0.25, 0.3) is 0 Å². The minimum absolute atomic E-state index is 0.810. The summed E-state index contributed by atoms with van der Waals surface area (Å²) in [5, 5.41) is 0. The molecule has 0 spiro atoms. The molecule has 0 N–H and O–H groups in total. The fraction of sp³-hybridized carbons (Fsp3) is 0.400. The number of fused-ring (bicyclic) bond motifs is 1. The fourth-order valence-corrected chi connectivity index (χ4v) is 7.09. The number of thioether (sulfide) groups is 2. The molecule has 0 saturated carbocycles. The Hall–Kier alpha value is 0.137. The first kappa shape index (κ1) is 9.68. The molecule has 3 heteroatoms. The van der Waals surface area contributed by atoms with E-state index in [2.05, 4.69) is 67.4 Å². The van der Waals surface area contributed by atoms with Crippen LogP contribution in [0.3, 0.4) is 0 Å². The third kappa shape index (κ3) is 1.97. The fourth-order valence-electron chi connectivity index (χ4n) is 1.25. The standard InChI is InChI=1S/C10H14S2Si/c1-13(2,3)10-11-8-6-4-5-7-9(8)12-10/h4-7,10H,1-3H3. The van der Waals surface area contributed by atoms with Crippen molar-refractivity contribution in [2.75, 3.05) is 0 Å². The summed E-state index contributed by atoms with van der Waals surface area (Å²) in [4.78, 5) is 2.97. The zero-order valence-electron chi connectivity index (χ0n) is 8.20. The van der Waals surface area contributed by atoms with Crippen LogP contribution in [0.25, 0.3) is 0 Å². The van der Waals surface area contributed by atoms with Crippen LogP contribution in [-0.2, 0) is 0 Å². The van der Waals surface area contributed by atoms with Gasteiger partial charge in [-0.3, -0.25) is 0 Å². The molecule has 1 aromatic carbocycles. The Morgan fingerprint density at radius 1 is 1.00 bits per heavy atom. The van der Waals surface area contributed by atoms with Crippen LogP contribution in [0.15, 0.2) is 34.1 Å². The van der Waals surface area contributed by atoms with Crippen LogP contribution in [-0.4, -0.2) is 12.3 Å². The molecule has 13 heavy (non-hydrogen) atoms. The average Bonchev–Trinajstić information content (AvgIpc) is 2.45. The SMILES string of the molecule is C[Si](C)(C)C1Sc2ccccc2S1. The summed E-state index contributed by atoms with van der Waals surface area (Å²) in [6.07, 6.45) is 0. The number of hydrogen-bond donors (Lipinski definition) is 0. The molecule has 1 heterocycles. The van der Waals surface area contributed by atoms with Crippen molar-refractivity contribution in [2.45, 2.75) is 33.6 Å². The van der Waals surface area contributed by atoms with E-state index in [4.69, 9.17) is 0 Å². The van der Waals surface area contributed by atoms with Crippen molar-refractivity contribution in [3.05, 3.63) is 24.3 Å². The van der Waals surface area contributed by atoms with Crippen molar-refractivity contribution >= 4 is 31.6 Å². The molecule has 1 aliphatic heterocycles. The van der Waals surface area contributed by atoms with Crippen molar-refractivity contribution in [3.63, 3.8) is 0 Å². The zero-order valence-corrected chi connectivity index (χ0v) is 10.8. The van der Waals surface area contributed by atoms with Crippen molar-refractivity contribution in [3.8, 4) is 0 Å². The van der Waals surface area contributed by atoms with Gasteiger partial charge in [-0.05, 0) is 12.1 Å². The molecule has 0 aromatic heterocycles. The third-order valence-corrected chi connectivity index (χ3v) is 10.7. The molecule has 0 amide bonds. The Labute approximate surface area is 89.5 Å². The van der Waals surface area contributed by atoms with Gasteiger partial charge in [0, 0.05) is 9.79 Å². The minimum Gasteiger partial charge on any atom is -0.114 e. The first-order chi connectivity index (χ1) is 6.07. The highest BCUT2D eigenvalue weighted by Crippen LogP contribution is 2.50. The normalized spacial score (nSPS) is 17.5. The summed E-state index contributed by atoms with van der Waals surface area (Å²) >= 11 is 4.14. The molecule has 0 nitrogen and oxygen atoms in total. The van der Waals surface area contributed by atoms with Crippen LogP contribution in [0.1, 0.15) is 0 Å². The smallest absolute Gasteiger partial charge is 0.0722 e. The van der Waals surface area contributed by atoms with Crippen LogP contribution in [0, 0.1) is 0 Å². The topological polar surface area (TPSA) is 0 Å². The van der Waals surface area contributed by atoms with Crippen molar-refractivity contribution in [1.82, 2.24) is 0 Å². The first-order valence-corrected chi connectivity index (χ1v) is 9.83. The maximum Gasteiger partial charge on any atom is 0.0722 e. The largest absolute Gasteiger partial charge is 0.114 e. The van der Waals surface area contributed by atoms with E-state index in [0.29, 0.717) is 0 Å². The lowest BCUT2D eigenvalue weighted by molar-refractivity contribution is 1.27. The second-order valence-corrected chi connectivity index (χ2v) is 13.1. The van der Waals surface area contributed by atoms with E-state index < -0.39 is 8.07 Å². The van der Waals surface area contributed by atoms with Crippen LogP contribution in [0.5, 0.6) is 0 Å². The van der Waals surface area contributed by atoms with E-state index in [1.165, 1.54) is 9.79 Å². The molecule has 2 rings (SSSR count). The summed E-state index contributed by atoms with van der Waals surface area (Å²) in [6.45, 7) is 7.34. The molecule has 0 fully saturated rings. The van der Waals surface area contributed by atoms with E-state index in [0.717, 1.165) is 4.21 Å². The second-order valence-electron chi connectivity index (χ2n) is 4.38. The molecule has 70 valence electrons. The van der Waals surface area contributed by atoms with Crippen LogP contribution < -0.4 is 0 Å². The first-order valence-electron chi connectivity index (χ1n) is 4.50. The quantitative estimate of drug-likeness (QED) is 0.662. The lowest BCUT2D eigenvalue weighted by atomic mass is 10.4. The summed E-state index contributed by atoms with van der Waals surface area (Å²) in [6, 6.07) is 8.76. The van der Waals surface area contributed by atoms with Crippen LogP contribution in [0.2, 0.25) is 19.6 Å². The van der Waals surface area contributed by atoms with Gasteiger partial charge in [0.05, 0.1) is 12.3 Å². The maximum absolute atomic E-state index is 2.45. The minimum atomic E-state index is -0.996. The van der Waals surface area contributed by atoms with Gasteiger partial charge in [-0.1, -0.05) is 31.8 Å². The highest BCUT2D eigenvalue weighted by atomic mass is 32.2. The Kier molecular flexibility index (Phi) is 2.51. The predicted octanol–water partition coefficient (Wildman–Crippen LogP) is 4.09. The third-order valence-electron chi connectivity index (χ3n) is 2.02. The predicted molar refractivity (Wildman–Crippen MR) is 65.3 cm³/mol. The Balaban J connectivity index is 2.23. The van der Waals surface area contributed by atoms with Gasteiger partial charge in [-0.15, -0.1) is 23.5 Å². The molecule has 0 aliphatic carbocycles. The Morgan fingerprint density at radius 3 is 1.85 bits per heavy atom. The summed E-state index contributed by atoms with van der Waals surface area (Å²) in [5.41, 5.74) is 0. The molecule has 1 aliphatic rings. The lowest BCUT2D eigenvalue weighted by Crippen LogP contribution is -2.31. The van der Waals surface area contributed by atoms with Crippen molar-refractivity contribution < 1.29 is 0 Å². The molecule has 0 radical (unpaired) electrons. The van der Waals surface area contributed by atoms with Gasteiger partial charge < -0.3 is 0 Å². The monoisotopic (exact) mass is 226 g/mol. The molecule has 0 bridgehead atoms. The van der Waals surface area contributed by atoms with E-state index >= 15 is 0 Å². The summed E-state index contributed by atoms with van der Waals surface area (Å²) < 4.78 is 0.810. The van der Waals surface area contributed by atoms with E-state index in [1.54, 1.807) is 0 Å². The van der Waals surface area contributed by atoms with E-state index in [1.807, 2.05) is 0 Å². The molecular formula is C10H14S2Si. The van der Waals surface area contributed by atoms with E-state index in [9.17, 15) is 0 Å². The molecule has 0 saturated heterocycles. The average molecular weight is 226 g/mol. The summed E-state index contributed by atoms with van der Waals surface area (Å²) in [7, 11) is -0.996. The van der Waals surface area contributed by atoms with Crippen LogP contribution in [0.4, 0.5) is 0 Å². The van der Waals surface area contributed by atoms with Gasteiger partial charge in [-0.2, -0.15) is 0 Å². The zero-order chi connectivity index (χ0) is 9.47. The van der Waals surface area contributed by atoms with Gasteiger partial charge in [-0.25, -0.2) is 0 Å². The number of benzene rings is 1. The Bertz CT molecular complexity index is 292. The highest BCUT2D eigenvalue weighted by molar-refractivity contribution is 8.21. The van der Waals surface area contributed by atoms with Gasteiger partial charge in [0.15, 0.2) is 0 Å². The highest BCUT2D eigenvalue weighted by Gasteiger charge is 2.33. The van der Waals surface area contributed by atoms with E-state index in [-0.39, 0.29) is 0 Å². The van der Waals surface area contributed by atoms with Crippen LogP contribution >= 0.6 is 23.5 Å². The maximum atomic E-state index is 2.45. The molecule has 1 aromatic rings.